The van der Waals surface area contributed by atoms with Gasteiger partial charge in [-0.3, -0.25) is 14.2 Å². The highest BCUT2D eigenvalue weighted by atomic mass is 32.1. The molecule has 6 heteroatoms. The second-order valence-corrected chi connectivity index (χ2v) is 7.32. The van der Waals surface area contributed by atoms with Gasteiger partial charge in [-0.05, 0) is 49.3 Å². The summed E-state index contributed by atoms with van der Waals surface area (Å²) >= 11 is 1.43. The summed E-state index contributed by atoms with van der Waals surface area (Å²) in [7, 11) is 0. The Morgan fingerprint density at radius 2 is 2.04 bits per heavy atom. The van der Waals surface area contributed by atoms with Crippen molar-refractivity contribution in [3.63, 3.8) is 0 Å². The highest BCUT2D eigenvalue weighted by Gasteiger charge is 2.18. The third-order valence-electron chi connectivity index (χ3n) is 4.84. The van der Waals surface area contributed by atoms with Gasteiger partial charge in [0.1, 0.15) is 17.2 Å². The molecule has 5 nitrogen and oxygen atoms in total. The summed E-state index contributed by atoms with van der Waals surface area (Å²) in [5, 5.41) is 11.5. The summed E-state index contributed by atoms with van der Waals surface area (Å²) in [5.41, 5.74) is 4.33. The highest BCUT2D eigenvalue weighted by molar-refractivity contribution is 7.17. The first-order valence-electron chi connectivity index (χ1n) is 8.37. The van der Waals surface area contributed by atoms with Crippen LogP contribution in [0.4, 0.5) is 0 Å². The Labute approximate surface area is 148 Å². The van der Waals surface area contributed by atoms with Gasteiger partial charge in [0.05, 0.1) is 5.39 Å². The minimum atomic E-state index is -1.04. The molecule has 0 bridgehead atoms. The first-order valence-corrected chi connectivity index (χ1v) is 9.25. The topological polar surface area (TPSA) is 72.2 Å². The van der Waals surface area contributed by atoms with E-state index in [2.05, 4.69) is 23.2 Å². The average molecular weight is 354 g/mol. The van der Waals surface area contributed by atoms with Crippen LogP contribution in [0.5, 0.6) is 0 Å². The maximum absolute atomic E-state index is 12.9. The summed E-state index contributed by atoms with van der Waals surface area (Å²) in [5.74, 6) is -0.615. The van der Waals surface area contributed by atoms with Crippen LogP contribution >= 0.6 is 11.3 Å². The van der Waals surface area contributed by atoms with Crippen molar-refractivity contribution in [2.45, 2.75) is 39.2 Å². The first kappa shape index (κ1) is 16.0. The summed E-state index contributed by atoms with van der Waals surface area (Å²) in [6.07, 6.45) is 4.63. The molecule has 4 rings (SSSR count). The van der Waals surface area contributed by atoms with E-state index in [1.807, 2.05) is 5.38 Å². The van der Waals surface area contributed by atoms with E-state index >= 15 is 0 Å². The number of nitrogens with zero attached hydrogens (tertiary/aromatic N) is 2. The zero-order valence-electron chi connectivity index (χ0n) is 13.9. The predicted octanol–water partition coefficient (Wildman–Crippen LogP) is 3.40. The molecule has 1 N–H and O–H groups in total. The molecule has 128 valence electrons. The van der Waals surface area contributed by atoms with Gasteiger partial charge in [-0.1, -0.05) is 18.2 Å². The predicted molar refractivity (Wildman–Crippen MR) is 98.3 cm³/mol. The van der Waals surface area contributed by atoms with Crippen LogP contribution in [-0.2, 0) is 24.2 Å². The number of hydrogen-bond acceptors (Lipinski definition) is 4. The molecule has 0 unspecified atom stereocenters. The van der Waals surface area contributed by atoms with Gasteiger partial charge in [0.25, 0.3) is 5.56 Å². The fourth-order valence-electron chi connectivity index (χ4n) is 3.56. The zero-order valence-corrected chi connectivity index (χ0v) is 14.7. The lowest BCUT2D eigenvalue weighted by atomic mass is 9.89. The van der Waals surface area contributed by atoms with Crippen molar-refractivity contribution in [1.82, 2.24) is 9.55 Å². The largest absolute Gasteiger partial charge is 0.480 e. The van der Waals surface area contributed by atoms with Crippen molar-refractivity contribution < 1.29 is 9.90 Å². The van der Waals surface area contributed by atoms with E-state index in [1.165, 1.54) is 39.9 Å². The Hall–Kier alpha value is -2.47. The van der Waals surface area contributed by atoms with Crippen LogP contribution in [-0.4, -0.2) is 20.6 Å². The standard InChI is InChI=1S/C19H18N2O3S/c1-11-20-18-17(19(24)21(11)9-16(22)23)15(10-25-18)14-7-6-12-4-2-3-5-13(12)8-14/h6-8,10H,2-5,9H2,1H3,(H,22,23). The van der Waals surface area contributed by atoms with Crippen molar-refractivity contribution in [3.05, 3.63) is 50.9 Å². The number of carboxylic acid groups (broad SMARTS) is 1. The van der Waals surface area contributed by atoms with Crippen LogP contribution in [0, 0.1) is 6.92 Å². The van der Waals surface area contributed by atoms with Crippen LogP contribution in [0.2, 0.25) is 0 Å². The minimum absolute atomic E-state index is 0.279. The van der Waals surface area contributed by atoms with Gasteiger partial charge in [-0.15, -0.1) is 11.3 Å². The van der Waals surface area contributed by atoms with Crippen LogP contribution in [0.15, 0.2) is 28.4 Å². The molecule has 2 aromatic heterocycles. The molecule has 0 amide bonds. The molecule has 0 radical (unpaired) electrons. The van der Waals surface area contributed by atoms with E-state index < -0.39 is 5.97 Å². The lowest BCUT2D eigenvalue weighted by molar-refractivity contribution is -0.137. The fourth-order valence-corrected chi connectivity index (χ4v) is 4.54. The fraction of sp³-hybridized carbons (Fsp3) is 0.316. The van der Waals surface area contributed by atoms with E-state index in [0.717, 1.165) is 24.0 Å². The lowest BCUT2D eigenvalue weighted by Crippen LogP contribution is -2.27. The molecular weight excluding hydrogens is 336 g/mol. The quantitative estimate of drug-likeness (QED) is 0.782. The molecule has 1 aliphatic rings. The number of fused-ring (bicyclic) bond motifs is 2. The number of thiophene rings is 1. The van der Waals surface area contributed by atoms with E-state index in [9.17, 15) is 9.59 Å². The van der Waals surface area contributed by atoms with E-state index in [4.69, 9.17) is 5.11 Å². The van der Waals surface area contributed by atoms with Gasteiger partial charge in [0, 0.05) is 10.9 Å². The number of rotatable bonds is 3. The summed E-state index contributed by atoms with van der Waals surface area (Å²) in [4.78, 5) is 29.1. The lowest BCUT2D eigenvalue weighted by Gasteiger charge is -2.16. The highest BCUT2D eigenvalue weighted by Crippen LogP contribution is 2.33. The normalized spacial score (nSPS) is 13.8. The van der Waals surface area contributed by atoms with Gasteiger partial charge in [0.15, 0.2) is 0 Å². The number of aromatic nitrogens is 2. The molecule has 1 aliphatic carbocycles. The number of carbonyl (C=O) groups is 1. The molecule has 0 fully saturated rings. The van der Waals surface area contributed by atoms with Crippen molar-refractivity contribution in [2.24, 2.45) is 0 Å². The molecular formula is C19H18N2O3S. The monoisotopic (exact) mass is 354 g/mol. The molecule has 0 spiro atoms. The Morgan fingerprint density at radius 3 is 2.80 bits per heavy atom. The molecule has 3 aromatic rings. The van der Waals surface area contributed by atoms with Gasteiger partial charge in [-0.2, -0.15) is 0 Å². The summed E-state index contributed by atoms with van der Waals surface area (Å²) < 4.78 is 1.24. The zero-order chi connectivity index (χ0) is 17.6. The Bertz CT molecular complexity index is 1050. The average Bonchev–Trinajstić information content (AvgIpc) is 3.01. The van der Waals surface area contributed by atoms with Crippen LogP contribution in [0.1, 0.15) is 29.8 Å². The van der Waals surface area contributed by atoms with Gasteiger partial charge < -0.3 is 5.11 Å². The summed E-state index contributed by atoms with van der Waals surface area (Å²) in [6, 6.07) is 6.40. The number of hydrogen-bond donors (Lipinski definition) is 1. The first-order chi connectivity index (χ1) is 12.0. The van der Waals surface area contributed by atoms with E-state index in [-0.39, 0.29) is 12.1 Å². The number of benzene rings is 1. The SMILES string of the molecule is Cc1nc2scc(-c3ccc4c(c3)CCCC4)c2c(=O)n1CC(=O)O. The Balaban J connectivity index is 1.91. The molecule has 0 atom stereocenters. The van der Waals surface area contributed by atoms with Crippen molar-refractivity contribution in [3.8, 4) is 11.1 Å². The van der Waals surface area contributed by atoms with Crippen LogP contribution in [0.25, 0.3) is 21.3 Å². The number of carboxylic acids is 1. The van der Waals surface area contributed by atoms with Gasteiger partial charge in [-0.25, -0.2) is 4.98 Å². The van der Waals surface area contributed by atoms with Gasteiger partial charge in [0.2, 0.25) is 0 Å². The third kappa shape index (κ3) is 2.76. The smallest absolute Gasteiger partial charge is 0.323 e. The van der Waals surface area contributed by atoms with Crippen molar-refractivity contribution in [1.29, 1.82) is 0 Å². The second kappa shape index (κ2) is 6.11. The second-order valence-electron chi connectivity index (χ2n) is 6.46. The van der Waals surface area contributed by atoms with Gasteiger partial charge >= 0.3 is 5.97 Å². The maximum Gasteiger partial charge on any atom is 0.323 e. The minimum Gasteiger partial charge on any atom is -0.480 e. The van der Waals surface area contributed by atoms with E-state index in [0.29, 0.717) is 16.0 Å². The van der Waals surface area contributed by atoms with Crippen molar-refractivity contribution in [2.75, 3.05) is 0 Å². The van der Waals surface area contributed by atoms with Crippen LogP contribution < -0.4 is 5.56 Å². The molecule has 0 aliphatic heterocycles. The molecule has 0 saturated carbocycles. The Kier molecular flexibility index (Phi) is 3.92. The van der Waals surface area contributed by atoms with Crippen molar-refractivity contribution >= 4 is 27.5 Å². The third-order valence-corrected chi connectivity index (χ3v) is 5.71. The molecule has 0 saturated heterocycles. The summed E-state index contributed by atoms with van der Waals surface area (Å²) in [6.45, 7) is 1.30. The molecule has 2 heterocycles. The van der Waals surface area contributed by atoms with E-state index in [1.54, 1.807) is 6.92 Å². The Morgan fingerprint density at radius 1 is 1.28 bits per heavy atom. The number of aryl methyl sites for hydroxylation is 3. The van der Waals surface area contributed by atoms with Crippen LogP contribution in [0.3, 0.4) is 0 Å². The molecule has 1 aromatic carbocycles. The molecule has 25 heavy (non-hydrogen) atoms. The number of aliphatic carboxylic acids is 1. The maximum atomic E-state index is 12.9.